The summed E-state index contributed by atoms with van der Waals surface area (Å²) < 4.78 is 0. The third kappa shape index (κ3) is 4.97. The third-order valence-electron chi connectivity index (χ3n) is 3.83. The van der Waals surface area contributed by atoms with Crippen molar-refractivity contribution in [2.24, 2.45) is 17.3 Å². The molecule has 0 aromatic rings. The number of nitrogens with one attached hydrogen (secondary N) is 1. The number of likely N-dealkylation sites (tertiary alicyclic amines) is 1. The van der Waals surface area contributed by atoms with E-state index in [1.165, 1.54) is 32.4 Å². The Morgan fingerprint density at radius 2 is 1.94 bits per heavy atom. The van der Waals surface area contributed by atoms with Gasteiger partial charge in [-0.25, -0.2) is 0 Å². The molecule has 1 aliphatic heterocycles. The lowest BCUT2D eigenvalue weighted by molar-refractivity contribution is -0.121. The summed E-state index contributed by atoms with van der Waals surface area (Å²) in [4.78, 5) is 14.2. The first kappa shape index (κ1) is 13.9. The van der Waals surface area contributed by atoms with Crippen molar-refractivity contribution >= 4 is 5.91 Å². The first-order valence-corrected chi connectivity index (χ1v) is 7.41. The second-order valence-electron chi connectivity index (χ2n) is 7.40. The van der Waals surface area contributed by atoms with Gasteiger partial charge in [-0.1, -0.05) is 20.8 Å². The molecular formula is C15H28N2O. The first-order chi connectivity index (χ1) is 8.42. The van der Waals surface area contributed by atoms with E-state index in [4.69, 9.17) is 0 Å². The van der Waals surface area contributed by atoms with Crippen LogP contribution in [-0.2, 0) is 4.79 Å². The highest BCUT2D eigenvalue weighted by atomic mass is 16.1. The smallest absolute Gasteiger partial charge is 0.220 e. The highest BCUT2D eigenvalue weighted by Crippen LogP contribution is 2.32. The molecule has 0 aromatic carbocycles. The van der Waals surface area contributed by atoms with E-state index in [1.54, 1.807) is 0 Å². The van der Waals surface area contributed by atoms with Crippen LogP contribution < -0.4 is 5.32 Å². The van der Waals surface area contributed by atoms with Gasteiger partial charge in [-0.05, 0) is 43.1 Å². The van der Waals surface area contributed by atoms with Gasteiger partial charge in [-0.3, -0.25) is 4.79 Å². The number of hydrogen-bond donors (Lipinski definition) is 1. The van der Waals surface area contributed by atoms with E-state index in [-0.39, 0.29) is 5.91 Å². The molecule has 2 aliphatic rings. The van der Waals surface area contributed by atoms with Crippen LogP contribution >= 0.6 is 0 Å². The van der Waals surface area contributed by atoms with E-state index >= 15 is 0 Å². The molecule has 1 heterocycles. The van der Waals surface area contributed by atoms with Crippen molar-refractivity contribution in [3.63, 3.8) is 0 Å². The fourth-order valence-electron chi connectivity index (χ4n) is 2.81. The molecule has 1 saturated carbocycles. The zero-order valence-electron chi connectivity index (χ0n) is 12.2. The van der Waals surface area contributed by atoms with Crippen LogP contribution in [-0.4, -0.2) is 37.0 Å². The van der Waals surface area contributed by atoms with Crippen LogP contribution in [0.2, 0.25) is 0 Å². The van der Waals surface area contributed by atoms with Gasteiger partial charge in [0.2, 0.25) is 5.91 Å². The Kier molecular flexibility index (Phi) is 4.31. The van der Waals surface area contributed by atoms with Crippen LogP contribution in [0.25, 0.3) is 0 Å². The Labute approximate surface area is 111 Å². The normalized spacial score (nSPS) is 25.4. The van der Waals surface area contributed by atoms with Gasteiger partial charge in [-0.15, -0.1) is 0 Å². The largest absolute Gasteiger partial charge is 0.356 e. The summed E-state index contributed by atoms with van der Waals surface area (Å²) in [5, 5.41) is 3.11. The average molecular weight is 252 g/mol. The van der Waals surface area contributed by atoms with Crippen molar-refractivity contribution in [3.05, 3.63) is 0 Å². The number of carbonyl (C=O) groups excluding carboxylic acids is 1. The van der Waals surface area contributed by atoms with Crippen LogP contribution in [0.1, 0.15) is 46.5 Å². The minimum Gasteiger partial charge on any atom is -0.356 e. The fraction of sp³-hybridized carbons (Fsp3) is 0.933. The molecule has 3 nitrogen and oxygen atoms in total. The summed E-state index contributed by atoms with van der Waals surface area (Å²) >= 11 is 0. The lowest BCUT2D eigenvalue weighted by Crippen LogP contribution is -2.33. The maximum atomic E-state index is 11.6. The molecule has 18 heavy (non-hydrogen) atoms. The first-order valence-electron chi connectivity index (χ1n) is 7.41. The topological polar surface area (TPSA) is 32.3 Å². The monoisotopic (exact) mass is 252 g/mol. The zero-order valence-corrected chi connectivity index (χ0v) is 12.2. The molecule has 1 atom stereocenters. The molecule has 1 saturated heterocycles. The molecule has 2 fully saturated rings. The van der Waals surface area contributed by atoms with Crippen molar-refractivity contribution in [2.45, 2.75) is 46.5 Å². The van der Waals surface area contributed by atoms with Crippen molar-refractivity contribution < 1.29 is 4.79 Å². The molecule has 2 rings (SSSR count). The molecule has 0 unspecified atom stereocenters. The number of rotatable bonds is 5. The summed E-state index contributed by atoms with van der Waals surface area (Å²) in [6, 6.07) is 0. The summed E-state index contributed by atoms with van der Waals surface area (Å²) in [7, 11) is 0. The number of nitrogens with zero attached hydrogens (tertiary/aromatic N) is 1. The van der Waals surface area contributed by atoms with E-state index in [2.05, 4.69) is 31.0 Å². The average Bonchev–Trinajstić information content (AvgIpc) is 2.93. The summed E-state index contributed by atoms with van der Waals surface area (Å²) in [5.74, 6) is 1.63. The molecule has 1 aliphatic carbocycles. The van der Waals surface area contributed by atoms with Crippen molar-refractivity contribution in [3.8, 4) is 0 Å². The maximum Gasteiger partial charge on any atom is 0.220 e. The predicted molar refractivity (Wildman–Crippen MR) is 74.4 cm³/mol. The number of hydrogen-bond acceptors (Lipinski definition) is 2. The molecule has 0 radical (unpaired) electrons. The number of carbonyl (C=O) groups is 1. The van der Waals surface area contributed by atoms with E-state index < -0.39 is 0 Å². The Morgan fingerprint density at radius 3 is 2.56 bits per heavy atom. The standard InChI is InChI=1S/C15H28N2O/c1-15(2,3)11-17-7-6-13(10-17)9-16-14(18)8-12-4-5-12/h12-13H,4-11H2,1-3H3,(H,16,18)/t13-/m0/s1. The molecular weight excluding hydrogens is 224 g/mol. The summed E-state index contributed by atoms with van der Waals surface area (Å²) in [6.07, 6.45) is 4.52. The van der Waals surface area contributed by atoms with E-state index in [0.29, 0.717) is 17.3 Å². The van der Waals surface area contributed by atoms with Crippen LogP contribution in [0.3, 0.4) is 0 Å². The molecule has 0 spiro atoms. The Hall–Kier alpha value is -0.570. The van der Waals surface area contributed by atoms with Crippen molar-refractivity contribution in [2.75, 3.05) is 26.2 Å². The molecule has 0 aromatic heterocycles. The molecule has 1 N–H and O–H groups in total. The van der Waals surface area contributed by atoms with Gasteiger partial charge in [0.1, 0.15) is 0 Å². The van der Waals surface area contributed by atoms with Crippen LogP contribution in [0.5, 0.6) is 0 Å². The highest BCUT2D eigenvalue weighted by Gasteiger charge is 2.27. The lowest BCUT2D eigenvalue weighted by Gasteiger charge is -2.26. The Balaban J connectivity index is 1.61. The lowest BCUT2D eigenvalue weighted by atomic mass is 9.96. The van der Waals surface area contributed by atoms with E-state index in [9.17, 15) is 4.79 Å². The van der Waals surface area contributed by atoms with Gasteiger partial charge >= 0.3 is 0 Å². The molecule has 3 heteroatoms. The van der Waals surface area contributed by atoms with Gasteiger partial charge in [0.15, 0.2) is 0 Å². The summed E-state index contributed by atoms with van der Waals surface area (Å²) in [6.45, 7) is 11.3. The quantitative estimate of drug-likeness (QED) is 0.814. The third-order valence-corrected chi connectivity index (χ3v) is 3.83. The SMILES string of the molecule is CC(C)(C)CN1CC[C@@H](CNC(=O)CC2CC2)C1. The number of amides is 1. The second kappa shape index (κ2) is 5.60. The van der Waals surface area contributed by atoms with Crippen LogP contribution in [0.15, 0.2) is 0 Å². The van der Waals surface area contributed by atoms with Gasteiger partial charge in [0.25, 0.3) is 0 Å². The van der Waals surface area contributed by atoms with Crippen molar-refractivity contribution in [1.82, 2.24) is 10.2 Å². The van der Waals surface area contributed by atoms with Crippen molar-refractivity contribution in [1.29, 1.82) is 0 Å². The fourth-order valence-corrected chi connectivity index (χ4v) is 2.81. The van der Waals surface area contributed by atoms with Crippen LogP contribution in [0, 0.1) is 17.3 Å². The summed E-state index contributed by atoms with van der Waals surface area (Å²) in [5.41, 5.74) is 0.379. The minimum atomic E-state index is 0.270. The second-order valence-corrected chi connectivity index (χ2v) is 7.40. The minimum absolute atomic E-state index is 0.270. The molecule has 1 amide bonds. The predicted octanol–water partition coefficient (Wildman–Crippen LogP) is 2.27. The zero-order chi connectivity index (χ0) is 13.2. The maximum absolute atomic E-state index is 11.6. The van der Waals surface area contributed by atoms with Gasteiger partial charge in [0, 0.05) is 26.1 Å². The van der Waals surface area contributed by atoms with Crippen LogP contribution in [0.4, 0.5) is 0 Å². The highest BCUT2D eigenvalue weighted by molar-refractivity contribution is 5.76. The Morgan fingerprint density at radius 1 is 1.22 bits per heavy atom. The Bertz CT molecular complexity index is 291. The molecule has 104 valence electrons. The van der Waals surface area contributed by atoms with E-state index in [1.807, 2.05) is 0 Å². The van der Waals surface area contributed by atoms with Gasteiger partial charge in [0.05, 0.1) is 0 Å². The van der Waals surface area contributed by atoms with Gasteiger partial charge in [-0.2, -0.15) is 0 Å². The van der Waals surface area contributed by atoms with E-state index in [0.717, 1.165) is 19.5 Å². The van der Waals surface area contributed by atoms with Gasteiger partial charge < -0.3 is 10.2 Å². The molecule has 0 bridgehead atoms.